The highest BCUT2D eigenvalue weighted by molar-refractivity contribution is 9.10. The molecule has 4 heteroatoms. The predicted octanol–water partition coefficient (Wildman–Crippen LogP) is 3.96. The molecule has 2 aromatic rings. The van der Waals surface area contributed by atoms with Gasteiger partial charge in [0.2, 0.25) is 0 Å². The zero-order valence-electron chi connectivity index (χ0n) is 6.87. The molecule has 1 nitrogen and oxygen atoms in total. The van der Waals surface area contributed by atoms with E-state index >= 15 is 0 Å². The molecule has 1 aromatic carbocycles. The van der Waals surface area contributed by atoms with Crippen LogP contribution < -0.4 is 4.74 Å². The lowest BCUT2D eigenvalue weighted by Gasteiger charge is -2.01. The molecule has 2 rings (SSSR count). The molecular weight excluding hydrogens is 268 g/mol. The summed E-state index contributed by atoms with van der Waals surface area (Å²) in [4.78, 5) is 0.963. The molecule has 0 amide bonds. The van der Waals surface area contributed by atoms with Crippen molar-refractivity contribution in [2.75, 3.05) is 7.11 Å². The largest absolute Gasteiger partial charge is 0.497 e. The van der Waals surface area contributed by atoms with E-state index < -0.39 is 0 Å². The third-order valence-corrected chi connectivity index (χ3v) is 4.31. The number of benzene rings is 1. The summed E-state index contributed by atoms with van der Waals surface area (Å²) in [5.41, 5.74) is 0. The molecule has 0 unspecified atom stereocenters. The Morgan fingerprint density at radius 1 is 1.46 bits per heavy atom. The van der Waals surface area contributed by atoms with E-state index in [-0.39, 0.29) is 0 Å². The first-order valence-corrected chi connectivity index (χ1v) is 5.78. The van der Waals surface area contributed by atoms with Gasteiger partial charge in [-0.2, -0.15) is 0 Å². The molecule has 68 valence electrons. The second kappa shape index (κ2) is 3.52. The second-order valence-corrected chi connectivity index (χ2v) is 4.82. The summed E-state index contributed by atoms with van der Waals surface area (Å²) in [6.45, 7) is 0. The Bertz CT molecular complexity index is 450. The van der Waals surface area contributed by atoms with Crippen molar-refractivity contribution in [1.29, 1.82) is 0 Å². The number of methoxy groups -OCH3 is 1. The van der Waals surface area contributed by atoms with Gasteiger partial charge in [-0.05, 0) is 28.1 Å². The molecule has 0 radical (unpaired) electrons. The standard InChI is InChI=1S/C9H7BrOS2/c1-11-5-2-6-7(10)4-13-9(6)8(12)3-5/h2-4,12H,1H3. The van der Waals surface area contributed by atoms with Gasteiger partial charge in [0.05, 0.1) is 7.11 Å². The van der Waals surface area contributed by atoms with Crippen molar-refractivity contribution in [2.45, 2.75) is 4.90 Å². The van der Waals surface area contributed by atoms with Crippen LogP contribution >= 0.6 is 39.9 Å². The molecule has 0 saturated heterocycles. The first-order valence-electron chi connectivity index (χ1n) is 3.66. The van der Waals surface area contributed by atoms with Crippen molar-refractivity contribution in [1.82, 2.24) is 0 Å². The van der Waals surface area contributed by atoms with Gasteiger partial charge in [-0.1, -0.05) is 0 Å². The Balaban J connectivity index is 2.80. The lowest BCUT2D eigenvalue weighted by molar-refractivity contribution is 0.414. The van der Waals surface area contributed by atoms with Gasteiger partial charge < -0.3 is 4.74 Å². The summed E-state index contributed by atoms with van der Waals surface area (Å²) in [5, 5.41) is 3.22. The van der Waals surface area contributed by atoms with E-state index in [2.05, 4.69) is 33.9 Å². The molecule has 0 spiro atoms. The van der Waals surface area contributed by atoms with E-state index in [9.17, 15) is 0 Å². The Morgan fingerprint density at radius 3 is 2.92 bits per heavy atom. The monoisotopic (exact) mass is 274 g/mol. The lowest BCUT2D eigenvalue weighted by Crippen LogP contribution is -1.81. The fourth-order valence-electron chi connectivity index (χ4n) is 1.18. The molecule has 0 aliphatic rings. The van der Waals surface area contributed by atoms with Gasteiger partial charge in [-0.15, -0.1) is 24.0 Å². The average Bonchev–Trinajstić information content (AvgIpc) is 2.48. The highest BCUT2D eigenvalue weighted by Crippen LogP contribution is 2.37. The van der Waals surface area contributed by atoms with Crippen LogP contribution in [0.15, 0.2) is 26.9 Å². The number of hydrogen-bond acceptors (Lipinski definition) is 3. The van der Waals surface area contributed by atoms with Crippen LogP contribution in [-0.4, -0.2) is 7.11 Å². The maximum atomic E-state index is 5.16. The van der Waals surface area contributed by atoms with E-state index in [1.54, 1.807) is 18.4 Å². The zero-order valence-corrected chi connectivity index (χ0v) is 10.2. The van der Waals surface area contributed by atoms with Gasteiger partial charge >= 0.3 is 0 Å². The Hall–Kier alpha value is -0.190. The third-order valence-electron chi connectivity index (χ3n) is 1.82. The van der Waals surface area contributed by atoms with Gasteiger partial charge in [0.15, 0.2) is 0 Å². The number of rotatable bonds is 1. The van der Waals surface area contributed by atoms with E-state index in [0.717, 1.165) is 20.5 Å². The topological polar surface area (TPSA) is 9.23 Å². The van der Waals surface area contributed by atoms with Crippen molar-refractivity contribution >= 4 is 50.0 Å². The second-order valence-electron chi connectivity index (χ2n) is 2.61. The zero-order chi connectivity index (χ0) is 9.42. The van der Waals surface area contributed by atoms with Crippen LogP contribution in [0.2, 0.25) is 0 Å². The summed E-state index contributed by atoms with van der Waals surface area (Å²) < 4.78 is 7.45. The fraction of sp³-hybridized carbons (Fsp3) is 0.111. The van der Waals surface area contributed by atoms with Crippen LogP contribution in [0, 0.1) is 0 Å². The number of hydrogen-bond donors (Lipinski definition) is 1. The molecular formula is C9H7BrOS2. The normalized spacial score (nSPS) is 10.7. The van der Waals surface area contributed by atoms with Crippen LogP contribution in [-0.2, 0) is 0 Å². The quantitative estimate of drug-likeness (QED) is 0.775. The van der Waals surface area contributed by atoms with Crippen LogP contribution in [0.1, 0.15) is 0 Å². The summed E-state index contributed by atoms with van der Waals surface area (Å²) in [6, 6.07) is 3.93. The summed E-state index contributed by atoms with van der Waals surface area (Å²) in [7, 11) is 1.66. The molecule has 0 N–H and O–H groups in total. The number of fused-ring (bicyclic) bond motifs is 1. The number of halogens is 1. The third kappa shape index (κ3) is 1.58. The lowest BCUT2D eigenvalue weighted by atomic mass is 10.2. The highest BCUT2D eigenvalue weighted by Gasteiger charge is 2.06. The van der Waals surface area contributed by atoms with E-state index in [1.165, 1.54) is 4.70 Å². The number of thiol groups is 1. The first kappa shape index (κ1) is 9.37. The molecule has 0 aliphatic carbocycles. The molecule has 0 aliphatic heterocycles. The van der Waals surface area contributed by atoms with E-state index in [1.807, 2.05) is 12.1 Å². The smallest absolute Gasteiger partial charge is 0.120 e. The average molecular weight is 275 g/mol. The maximum absolute atomic E-state index is 5.16. The molecule has 0 fully saturated rings. The minimum absolute atomic E-state index is 0.844. The van der Waals surface area contributed by atoms with Crippen LogP contribution in [0.4, 0.5) is 0 Å². The van der Waals surface area contributed by atoms with E-state index in [0.29, 0.717) is 0 Å². The molecule has 1 heterocycles. The molecule has 13 heavy (non-hydrogen) atoms. The summed E-state index contributed by atoms with van der Waals surface area (Å²) in [5.74, 6) is 0.844. The van der Waals surface area contributed by atoms with Gasteiger partial charge in [0.1, 0.15) is 5.75 Å². The molecule has 1 aromatic heterocycles. The van der Waals surface area contributed by atoms with Crippen molar-refractivity contribution in [3.63, 3.8) is 0 Å². The minimum atomic E-state index is 0.844. The van der Waals surface area contributed by atoms with Crippen molar-refractivity contribution in [2.24, 2.45) is 0 Å². The molecule has 0 bridgehead atoms. The van der Waals surface area contributed by atoms with Crippen molar-refractivity contribution in [3.05, 3.63) is 22.0 Å². The minimum Gasteiger partial charge on any atom is -0.497 e. The Kier molecular flexibility index (Phi) is 2.53. The van der Waals surface area contributed by atoms with Gasteiger partial charge in [-0.3, -0.25) is 0 Å². The Labute approximate surface area is 94.3 Å². The van der Waals surface area contributed by atoms with Crippen LogP contribution in [0.25, 0.3) is 10.1 Å². The molecule has 0 saturated carbocycles. The van der Waals surface area contributed by atoms with Crippen LogP contribution in [0.5, 0.6) is 5.75 Å². The maximum Gasteiger partial charge on any atom is 0.120 e. The van der Waals surface area contributed by atoms with Gasteiger partial charge in [-0.25, -0.2) is 0 Å². The Morgan fingerprint density at radius 2 is 2.23 bits per heavy atom. The fourth-order valence-corrected chi connectivity index (χ4v) is 3.13. The SMILES string of the molecule is COc1cc(S)c2scc(Br)c2c1. The predicted molar refractivity (Wildman–Crippen MR) is 63.3 cm³/mol. The van der Waals surface area contributed by atoms with E-state index in [4.69, 9.17) is 4.74 Å². The van der Waals surface area contributed by atoms with Crippen molar-refractivity contribution < 1.29 is 4.74 Å². The number of ether oxygens (including phenoxy) is 1. The number of thiophene rings is 1. The van der Waals surface area contributed by atoms with Crippen LogP contribution in [0.3, 0.4) is 0 Å². The van der Waals surface area contributed by atoms with Gasteiger partial charge in [0, 0.05) is 24.8 Å². The highest BCUT2D eigenvalue weighted by atomic mass is 79.9. The summed E-state index contributed by atoms with van der Waals surface area (Å²) in [6.07, 6.45) is 0. The summed E-state index contributed by atoms with van der Waals surface area (Å²) >= 11 is 9.56. The first-order chi connectivity index (χ1) is 6.22. The van der Waals surface area contributed by atoms with Crippen molar-refractivity contribution in [3.8, 4) is 5.75 Å². The molecule has 0 atom stereocenters. The van der Waals surface area contributed by atoms with Gasteiger partial charge in [0.25, 0.3) is 0 Å².